The van der Waals surface area contributed by atoms with Gasteiger partial charge in [-0.15, -0.1) is 0 Å². The van der Waals surface area contributed by atoms with E-state index in [1.165, 1.54) is 27.7 Å². The van der Waals surface area contributed by atoms with Gasteiger partial charge in [0.1, 0.15) is 4.90 Å². The molecular formula is C19H23Cl2N3O2S. The van der Waals surface area contributed by atoms with Crippen molar-refractivity contribution >= 4 is 38.9 Å². The molecule has 0 atom stereocenters. The molecule has 5 nitrogen and oxygen atoms in total. The van der Waals surface area contributed by atoms with E-state index >= 15 is 0 Å². The van der Waals surface area contributed by atoms with Gasteiger partial charge in [0.2, 0.25) is 10.0 Å². The Kier molecular flexibility index (Phi) is 6.33. The van der Waals surface area contributed by atoms with Gasteiger partial charge >= 0.3 is 0 Å². The maximum absolute atomic E-state index is 12.9. The lowest BCUT2D eigenvalue weighted by molar-refractivity contribution is 0.182. The summed E-state index contributed by atoms with van der Waals surface area (Å²) in [5, 5.41) is 0.554. The summed E-state index contributed by atoms with van der Waals surface area (Å²) in [5.41, 5.74) is 2.41. The van der Waals surface area contributed by atoms with E-state index in [0.29, 0.717) is 31.2 Å². The van der Waals surface area contributed by atoms with Gasteiger partial charge in [0, 0.05) is 57.5 Å². The number of sulfonamides is 1. The molecular weight excluding hydrogens is 405 g/mol. The number of hydrogen-bond donors (Lipinski definition) is 0. The number of hydrogen-bond acceptors (Lipinski definition) is 4. The van der Waals surface area contributed by atoms with E-state index < -0.39 is 10.0 Å². The van der Waals surface area contributed by atoms with Gasteiger partial charge in [0.25, 0.3) is 0 Å². The Bertz CT molecular complexity index is 911. The molecule has 0 radical (unpaired) electrons. The van der Waals surface area contributed by atoms with Crippen molar-refractivity contribution in [3.63, 3.8) is 0 Å². The summed E-state index contributed by atoms with van der Waals surface area (Å²) < 4.78 is 27.3. The zero-order valence-corrected chi connectivity index (χ0v) is 17.7. The Hall–Kier alpha value is -1.31. The predicted molar refractivity (Wildman–Crippen MR) is 111 cm³/mol. The zero-order chi connectivity index (χ0) is 19.6. The third-order valence-corrected chi connectivity index (χ3v) is 7.33. The number of piperazine rings is 1. The summed E-state index contributed by atoms with van der Waals surface area (Å²) in [5.74, 6) is 0. The predicted octanol–water partition coefficient (Wildman–Crippen LogP) is 3.57. The van der Waals surface area contributed by atoms with Gasteiger partial charge in [-0.2, -0.15) is 4.31 Å². The van der Waals surface area contributed by atoms with Crippen LogP contribution in [0.4, 0.5) is 5.69 Å². The summed E-state index contributed by atoms with van der Waals surface area (Å²) in [6.45, 7) is 2.98. The van der Waals surface area contributed by atoms with E-state index in [1.807, 2.05) is 26.2 Å². The molecule has 0 aliphatic carbocycles. The molecule has 1 saturated heterocycles. The first kappa shape index (κ1) is 20.4. The highest BCUT2D eigenvalue weighted by molar-refractivity contribution is 7.89. The molecule has 0 aromatic heterocycles. The molecule has 0 amide bonds. The van der Waals surface area contributed by atoms with Crippen molar-refractivity contribution in [1.29, 1.82) is 0 Å². The smallest absolute Gasteiger partial charge is 0.244 e. The lowest BCUT2D eigenvalue weighted by Gasteiger charge is -2.34. The largest absolute Gasteiger partial charge is 0.377 e. The Labute approximate surface area is 171 Å². The molecule has 27 heavy (non-hydrogen) atoms. The number of para-hydroxylation sites is 1. The first-order valence-corrected chi connectivity index (χ1v) is 10.9. The SMILES string of the molecule is CN(C)c1ccccc1CN1CCN(S(=O)(=O)c2cc(Cl)ccc2Cl)CC1. The maximum atomic E-state index is 12.9. The quantitative estimate of drug-likeness (QED) is 0.731. The molecule has 2 aromatic carbocycles. The second-order valence-corrected chi connectivity index (χ2v) is 9.53. The van der Waals surface area contributed by atoms with Gasteiger partial charge in [-0.05, 0) is 29.8 Å². The molecule has 1 fully saturated rings. The number of rotatable bonds is 5. The van der Waals surface area contributed by atoms with Crippen LogP contribution in [0.15, 0.2) is 47.4 Å². The Morgan fingerprint density at radius 2 is 1.67 bits per heavy atom. The normalized spacial score (nSPS) is 16.4. The molecule has 0 N–H and O–H groups in total. The van der Waals surface area contributed by atoms with Gasteiger partial charge < -0.3 is 4.90 Å². The van der Waals surface area contributed by atoms with Crippen LogP contribution in [0.3, 0.4) is 0 Å². The fourth-order valence-corrected chi connectivity index (χ4v) is 5.42. The molecule has 1 aliphatic heterocycles. The highest BCUT2D eigenvalue weighted by Crippen LogP contribution is 2.28. The molecule has 3 rings (SSSR count). The van der Waals surface area contributed by atoms with Crippen LogP contribution in [0.25, 0.3) is 0 Å². The van der Waals surface area contributed by atoms with Gasteiger partial charge in [0.05, 0.1) is 5.02 Å². The molecule has 0 unspecified atom stereocenters. The van der Waals surface area contributed by atoms with E-state index in [4.69, 9.17) is 23.2 Å². The summed E-state index contributed by atoms with van der Waals surface area (Å²) in [4.78, 5) is 4.44. The number of anilines is 1. The van der Waals surface area contributed by atoms with Crippen LogP contribution >= 0.6 is 23.2 Å². The third kappa shape index (κ3) is 4.58. The van der Waals surface area contributed by atoms with Crippen molar-refractivity contribution in [2.75, 3.05) is 45.2 Å². The van der Waals surface area contributed by atoms with Gasteiger partial charge in [0.15, 0.2) is 0 Å². The first-order valence-electron chi connectivity index (χ1n) is 8.72. The van der Waals surface area contributed by atoms with Crippen molar-refractivity contribution in [1.82, 2.24) is 9.21 Å². The topological polar surface area (TPSA) is 43.9 Å². The Balaban J connectivity index is 1.70. The molecule has 8 heteroatoms. The average Bonchev–Trinajstić information content (AvgIpc) is 2.64. The van der Waals surface area contributed by atoms with E-state index in [1.54, 1.807) is 6.07 Å². The van der Waals surface area contributed by atoms with E-state index in [-0.39, 0.29) is 9.92 Å². The number of benzene rings is 2. The van der Waals surface area contributed by atoms with Gasteiger partial charge in [-0.3, -0.25) is 4.90 Å². The first-order chi connectivity index (χ1) is 12.8. The number of nitrogens with zero attached hydrogens (tertiary/aromatic N) is 3. The van der Waals surface area contributed by atoms with Crippen LogP contribution in [-0.2, 0) is 16.6 Å². The van der Waals surface area contributed by atoms with Crippen LogP contribution in [0.1, 0.15) is 5.56 Å². The summed E-state index contributed by atoms with van der Waals surface area (Å²) >= 11 is 12.1. The zero-order valence-electron chi connectivity index (χ0n) is 15.4. The van der Waals surface area contributed by atoms with Gasteiger partial charge in [-0.25, -0.2) is 8.42 Å². The second kappa shape index (κ2) is 8.37. The molecule has 0 spiro atoms. The lowest BCUT2D eigenvalue weighted by Crippen LogP contribution is -2.48. The fourth-order valence-electron chi connectivity index (χ4n) is 3.26. The minimum Gasteiger partial charge on any atom is -0.377 e. The molecule has 146 valence electrons. The van der Waals surface area contributed by atoms with E-state index in [2.05, 4.69) is 21.9 Å². The van der Waals surface area contributed by atoms with Crippen LogP contribution in [0, 0.1) is 0 Å². The molecule has 2 aromatic rings. The maximum Gasteiger partial charge on any atom is 0.244 e. The minimum absolute atomic E-state index is 0.0723. The standard InChI is InChI=1S/C19H23Cl2N3O2S/c1-22(2)18-6-4-3-5-15(18)14-23-9-11-24(12-10-23)27(25,26)19-13-16(20)7-8-17(19)21/h3-8,13H,9-12,14H2,1-2H3. The minimum atomic E-state index is -3.65. The molecule has 1 heterocycles. The van der Waals surface area contributed by atoms with Crippen molar-refractivity contribution in [2.24, 2.45) is 0 Å². The molecule has 1 aliphatic rings. The van der Waals surface area contributed by atoms with Crippen LogP contribution in [0.2, 0.25) is 10.0 Å². The van der Waals surface area contributed by atoms with E-state index in [0.717, 1.165) is 6.54 Å². The Morgan fingerprint density at radius 1 is 1.00 bits per heavy atom. The van der Waals surface area contributed by atoms with Crippen molar-refractivity contribution in [3.05, 3.63) is 58.1 Å². The van der Waals surface area contributed by atoms with E-state index in [9.17, 15) is 8.42 Å². The Morgan fingerprint density at radius 3 is 2.33 bits per heavy atom. The highest BCUT2D eigenvalue weighted by Gasteiger charge is 2.30. The highest BCUT2D eigenvalue weighted by atomic mass is 35.5. The monoisotopic (exact) mass is 427 g/mol. The van der Waals surface area contributed by atoms with Crippen molar-refractivity contribution in [3.8, 4) is 0 Å². The van der Waals surface area contributed by atoms with Crippen molar-refractivity contribution in [2.45, 2.75) is 11.4 Å². The van der Waals surface area contributed by atoms with Crippen LogP contribution < -0.4 is 4.90 Å². The average molecular weight is 428 g/mol. The molecule has 0 bridgehead atoms. The lowest BCUT2D eigenvalue weighted by atomic mass is 10.1. The number of halogens is 2. The van der Waals surface area contributed by atoms with Crippen molar-refractivity contribution < 1.29 is 8.42 Å². The van der Waals surface area contributed by atoms with Crippen LogP contribution in [0.5, 0.6) is 0 Å². The summed E-state index contributed by atoms with van der Waals surface area (Å²) in [6.07, 6.45) is 0. The van der Waals surface area contributed by atoms with Gasteiger partial charge in [-0.1, -0.05) is 41.4 Å². The fraction of sp³-hybridized carbons (Fsp3) is 0.368. The summed E-state index contributed by atoms with van der Waals surface area (Å²) in [6, 6.07) is 12.8. The molecule has 0 saturated carbocycles. The second-order valence-electron chi connectivity index (χ2n) is 6.78. The summed E-state index contributed by atoms with van der Waals surface area (Å²) in [7, 11) is 0.401. The van der Waals surface area contributed by atoms with Crippen LogP contribution in [-0.4, -0.2) is 57.9 Å². The third-order valence-electron chi connectivity index (χ3n) is 4.71.